The summed E-state index contributed by atoms with van der Waals surface area (Å²) in [6.45, 7) is 4.21. The highest BCUT2D eigenvalue weighted by atomic mass is 32.2. The molecule has 0 N–H and O–H groups in total. The maximum atomic E-state index is 4.56. The number of hydrogen-bond donors (Lipinski definition) is 1. The van der Waals surface area contributed by atoms with Crippen LogP contribution in [0.3, 0.4) is 0 Å². The van der Waals surface area contributed by atoms with Crippen LogP contribution < -0.4 is 0 Å². The van der Waals surface area contributed by atoms with Gasteiger partial charge in [-0.05, 0) is 55.9 Å². The summed E-state index contributed by atoms with van der Waals surface area (Å²) in [5.41, 5.74) is 2.45. The largest absolute Gasteiger partial charge is 0.247 e. The van der Waals surface area contributed by atoms with Gasteiger partial charge in [-0.3, -0.25) is 0 Å². The molecule has 0 amide bonds. The van der Waals surface area contributed by atoms with Crippen molar-refractivity contribution in [3.63, 3.8) is 0 Å². The van der Waals surface area contributed by atoms with Crippen LogP contribution in [0.2, 0.25) is 0 Å². The molecule has 19 heavy (non-hydrogen) atoms. The summed E-state index contributed by atoms with van der Waals surface area (Å²) in [6.07, 6.45) is 9.45. The Morgan fingerprint density at radius 2 is 1.58 bits per heavy atom. The summed E-state index contributed by atoms with van der Waals surface area (Å²) in [7, 11) is 0. The Morgan fingerprint density at radius 3 is 2.21 bits per heavy atom. The molecule has 0 fully saturated rings. The van der Waals surface area contributed by atoms with E-state index in [0.29, 0.717) is 0 Å². The zero-order valence-corrected chi connectivity index (χ0v) is 14.0. The van der Waals surface area contributed by atoms with Gasteiger partial charge in [0.15, 0.2) is 0 Å². The average molecular weight is 298 g/mol. The van der Waals surface area contributed by atoms with Crippen LogP contribution in [0.15, 0.2) is 17.2 Å². The van der Waals surface area contributed by atoms with E-state index < -0.39 is 0 Å². The number of hydrogen-bond acceptors (Lipinski definition) is 3. The van der Waals surface area contributed by atoms with Crippen LogP contribution in [-0.4, -0.2) is 16.5 Å². The second-order valence-corrected chi connectivity index (χ2v) is 6.73. The third-order valence-electron chi connectivity index (χ3n) is 3.13. The molecule has 0 aliphatic carbocycles. The van der Waals surface area contributed by atoms with Gasteiger partial charge >= 0.3 is 0 Å². The Labute approximate surface area is 128 Å². The van der Waals surface area contributed by atoms with Crippen molar-refractivity contribution in [3.8, 4) is 0 Å². The number of thioether (sulfide) groups is 1. The molecule has 3 heteroatoms. The molecular formula is C16H27NS2. The molecule has 1 heterocycles. The predicted octanol–water partition coefficient (Wildman–Crippen LogP) is 5.45. The second kappa shape index (κ2) is 10.6. The topological polar surface area (TPSA) is 12.9 Å². The highest BCUT2D eigenvalue weighted by Crippen LogP contribution is 2.19. The maximum absolute atomic E-state index is 4.56. The molecule has 1 aromatic heterocycles. The quantitative estimate of drug-likeness (QED) is 0.350. The smallest absolute Gasteiger partial charge is 0.0965 e. The summed E-state index contributed by atoms with van der Waals surface area (Å²) in [4.78, 5) is 4.56. The summed E-state index contributed by atoms with van der Waals surface area (Å²) < 4.78 is 0. The highest BCUT2D eigenvalue weighted by molar-refractivity contribution is 7.99. The Kier molecular flexibility index (Phi) is 9.44. The van der Waals surface area contributed by atoms with Crippen molar-refractivity contribution in [2.75, 3.05) is 11.5 Å². The monoisotopic (exact) mass is 297 g/mol. The molecule has 0 saturated carbocycles. The van der Waals surface area contributed by atoms with Gasteiger partial charge in [0.2, 0.25) is 0 Å². The second-order valence-electron chi connectivity index (χ2n) is 5.17. The number of nitrogens with zero attached hydrogens (tertiary/aromatic N) is 1. The fourth-order valence-corrected chi connectivity index (χ4v) is 3.41. The van der Waals surface area contributed by atoms with Gasteiger partial charge in [0, 0.05) is 5.69 Å². The molecule has 0 atom stereocenters. The molecule has 0 spiro atoms. The van der Waals surface area contributed by atoms with Gasteiger partial charge in [-0.2, -0.15) is 12.6 Å². The SMILES string of the molecule is Cc1cc(C)nc(SCCCCCCCCCS)c1. The van der Waals surface area contributed by atoms with Crippen molar-refractivity contribution in [3.05, 3.63) is 23.4 Å². The lowest BCUT2D eigenvalue weighted by atomic mass is 10.1. The van der Waals surface area contributed by atoms with Crippen molar-refractivity contribution in [1.29, 1.82) is 0 Å². The van der Waals surface area contributed by atoms with E-state index in [4.69, 9.17) is 0 Å². The molecule has 0 radical (unpaired) electrons. The molecule has 1 aromatic rings. The van der Waals surface area contributed by atoms with Crippen molar-refractivity contribution in [1.82, 2.24) is 4.98 Å². The third kappa shape index (κ3) is 8.59. The Bertz CT molecular complexity index is 332. The molecule has 0 aliphatic rings. The van der Waals surface area contributed by atoms with Crippen molar-refractivity contribution in [2.45, 2.75) is 63.8 Å². The molecule has 108 valence electrons. The number of aryl methyl sites for hydroxylation is 2. The Hall–Kier alpha value is -0.150. The van der Waals surface area contributed by atoms with Crippen LogP contribution in [0, 0.1) is 13.8 Å². The summed E-state index contributed by atoms with van der Waals surface area (Å²) in [5, 5.41) is 1.19. The maximum Gasteiger partial charge on any atom is 0.0965 e. The lowest BCUT2D eigenvalue weighted by Gasteiger charge is -2.04. The van der Waals surface area contributed by atoms with E-state index in [1.54, 1.807) is 0 Å². The normalized spacial score (nSPS) is 10.9. The van der Waals surface area contributed by atoms with Gasteiger partial charge in [-0.15, -0.1) is 11.8 Å². The first kappa shape index (κ1) is 16.9. The van der Waals surface area contributed by atoms with Crippen LogP contribution in [0.4, 0.5) is 0 Å². The van der Waals surface area contributed by atoms with Crippen LogP contribution in [0.5, 0.6) is 0 Å². The first-order valence-corrected chi connectivity index (χ1v) is 9.03. The van der Waals surface area contributed by atoms with E-state index in [0.717, 1.165) is 11.4 Å². The summed E-state index contributed by atoms with van der Waals surface area (Å²) >= 11 is 6.13. The molecule has 0 unspecified atom stereocenters. The minimum Gasteiger partial charge on any atom is -0.247 e. The predicted molar refractivity (Wildman–Crippen MR) is 90.6 cm³/mol. The average Bonchev–Trinajstić information content (AvgIpc) is 2.36. The molecule has 0 aliphatic heterocycles. The van der Waals surface area contributed by atoms with Gasteiger partial charge in [0.25, 0.3) is 0 Å². The standard InChI is InChI=1S/C16H27NS2/c1-14-12-15(2)17-16(13-14)19-11-9-7-5-3-4-6-8-10-18/h12-13,18H,3-11H2,1-2H3. The van der Waals surface area contributed by atoms with Gasteiger partial charge in [-0.25, -0.2) is 4.98 Å². The number of pyridine rings is 1. The Balaban J connectivity index is 2.01. The number of rotatable bonds is 10. The lowest BCUT2D eigenvalue weighted by molar-refractivity contribution is 0.605. The van der Waals surface area contributed by atoms with Gasteiger partial charge in [0.1, 0.15) is 0 Å². The molecular weight excluding hydrogens is 270 g/mol. The fraction of sp³-hybridized carbons (Fsp3) is 0.688. The zero-order valence-electron chi connectivity index (χ0n) is 12.3. The van der Waals surface area contributed by atoms with Crippen molar-refractivity contribution < 1.29 is 0 Å². The molecule has 0 aromatic carbocycles. The number of unbranched alkanes of at least 4 members (excludes halogenated alkanes) is 6. The van der Waals surface area contributed by atoms with E-state index in [9.17, 15) is 0 Å². The van der Waals surface area contributed by atoms with Crippen LogP contribution in [0.1, 0.15) is 56.2 Å². The number of aromatic nitrogens is 1. The summed E-state index contributed by atoms with van der Waals surface area (Å²) in [5.74, 6) is 2.24. The van der Waals surface area contributed by atoms with Crippen LogP contribution in [-0.2, 0) is 0 Å². The minimum atomic E-state index is 1.04. The molecule has 0 saturated heterocycles. The third-order valence-corrected chi connectivity index (χ3v) is 4.44. The van der Waals surface area contributed by atoms with E-state index >= 15 is 0 Å². The van der Waals surface area contributed by atoms with Gasteiger partial charge in [-0.1, -0.05) is 32.1 Å². The van der Waals surface area contributed by atoms with E-state index in [-0.39, 0.29) is 0 Å². The van der Waals surface area contributed by atoms with Crippen LogP contribution >= 0.6 is 24.4 Å². The highest BCUT2D eigenvalue weighted by Gasteiger charge is 1.98. The lowest BCUT2D eigenvalue weighted by Crippen LogP contribution is -1.89. The van der Waals surface area contributed by atoms with Gasteiger partial charge < -0.3 is 0 Å². The van der Waals surface area contributed by atoms with Crippen molar-refractivity contribution >= 4 is 24.4 Å². The molecule has 1 nitrogen and oxygen atoms in total. The Morgan fingerprint density at radius 1 is 0.947 bits per heavy atom. The van der Waals surface area contributed by atoms with E-state index in [1.165, 1.54) is 61.3 Å². The zero-order chi connectivity index (χ0) is 13.9. The molecule has 0 bridgehead atoms. The van der Waals surface area contributed by atoms with E-state index in [1.807, 2.05) is 11.8 Å². The summed E-state index contributed by atoms with van der Waals surface area (Å²) in [6, 6.07) is 4.32. The first-order chi connectivity index (χ1) is 9.22. The first-order valence-electron chi connectivity index (χ1n) is 7.41. The fourth-order valence-electron chi connectivity index (χ4n) is 2.15. The van der Waals surface area contributed by atoms with Crippen molar-refractivity contribution in [2.24, 2.45) is 0 Å². The van der Waals surface area contributed by atoms with Crippen LogP contribution in [0.25, 0.3) is 0 Å². The minimum absolute atomic E-state index is 1.04. The molecule has 1 rings (SSSR count). The van der Waals surface area contributed by atoms with Gasteiger partial charge in [0.05, 0.1) is 5.03 Å². The number of thiol groups is 1. The van der Waals surface area contributed by atoms with E-state index in [2.05, 4.69) is 43.6 Å².